The maximum absolute atomic E-state index is 9.97. The molecule has 0 amide bonds. The van der Waals surface area contributed by atoms with Gasteiger partial charge in [-0.2, -0.15) is 5.26 Å². The van der Waals surface area contributed by atoms with Gasteiger partial charge in [0.1, 0.15) is 17.5 Å². The first-order chi connectivity index (χ1) is 18.1. The lowest BCUT2D eigenvalue weighted by Gasteiger charge is -2.15. The van der Waals surface area contributed by atoms with Gasteiger partial charge in [0, 0.05) is 11.8 Å². The first kappa shape index (κ1) is 23.6. The average molecular weight is 494 g/mol. The minimum Gasteiger partial charge on any atom is -0.497 e. The molecule has 0 aliphatic carbocycles. The number of hydrogen-bond acceptors (Lipinski definition) is 8. The largest absolute Gasteiger partial charge is 0.497 e. The summed E-state index contributed by atoms with van der Waals surface area (Å²) >= 11 is 0. The summed E-state index contributed by atoms with van der Waals surface area (Å²) in [7, 11) is 6.27. The summed E-state index contributed by atoms with van der Waals surface area (Å²) < 4.78 is 23.7. The Bertz CT molecular complexity index is 1680. The smallest absolute Gasteiger partial charge is 0.203 e. The molecule has 0 fully saturated rings. The Labute approximate surface area is 213 Å². The number of nitrogens with zero attached hydrogens (tertiary/aromatic N) is 5. The van der Waals surface area contributed by atoms with Gasteiger partial charge in [0.2, 0.25) is 5.75 Å². The predicted molar refractivity (Wildman–Crippen MR) is 141 cm³/mol. The molecule has 0 aliphatic heterocycles. The lowest BCUT2D eigenvalue weighted by molar-refractivity contribution is 0.324. The Morgan fingerprint density at radius 1 is 0.865 bits per heavy atom. The van der Waals surface area contributed by atoms with Crippen LogP contribution in [0, 0.1) is 11.3 Å². The number of fused-ring (bicyclic) bond motifs is 3. The molecule has 3 aromatic carbocycles. The molecule has 0 spiro atoms. The third-order valence-electron chi connectivity index (χ3n) is 5.89. The van der Waals surface area contributed by atoms with Gasteiger partial charge >= 0.3 is 0 Å². The van der Waals surface area contributed by atoms with E-state index in [-0.39, 0.29) is 5.69 Å². The van der Waals surface area contributed by atoms with E-state index in [0.29, 0.717) is 51.2 Å². The van der Waals surface area contributed by atoms with Crippen LogP contribution in [0.3, 0.4) is 0 Å². The molecule has 0 aliphatic rings. The van der Waals surface area contributed by atoms with E-state index < -0.39 is 0 Å². The fourth-order valence-electron chi connectivity index (χ4n) is 4.18. The van der Waals surface area contributed by atoms with Gasteiger partial charge in [-0.05, 0) is 42.0 Å². The first-order valence-electron chi connectivity index (χ1n) is 11.3. The van der Waals surface area contributed by atoms with Gasteiger partial charge in [-0.15, -0.1) is 0 Å². The molecule has 0 atom stereocenters. The first-order valence-corrected chi connectivity index (χ1v) is 11.3. The highest BCUT2D eigenvalue weighted by molar-refractivity contribution is 5.90. The number of ether oxygens (including phenoxy) is 4. The molecule has 2 heterocycles. The normalized spacial score (nSPS) is 11.1. The lowest BCUT2D eigenvalue weighted by atomic mass is 10.1. The second-order valence-corrected chi connectivity index (χ2v) is 7.95. The molecule has 9 heteroatoms. The van der Waals surface area contributed by atoms with Gasteiger partial charge in [-0.3, -0.25) is 4.40 Å². The van der Waals surface area contributed by atoms with Crippen molar-refractivity contribution in [2.45, 2.75) is 0 Å². The molecule has 0 N–H and O–H groups in total. The van der Waals surface area contributed by atoms with Gasteiger partial charge in [0.05, 0.1) is 39.5 Å². The van der Waals surface area contributed by atoms with Crippen molar-refractivity contribution in [3.63, 3.8) is 0 Å². The maximum atomic E-state index is 9.97. The Balaban J connectivity index is 1.80. The van der Waals surface area contributed by atoms with Crippen molar-refractivity contribution in [1.82, 2.24) is 14.4 Å². The van der Waals surface area contributed by atoms with Gasteiger partial charge in [-0.25, -0.2) is 15.0 Å². The SMILES string of the molecule is COc1cccc(/C=N/c2c(C#N)nc3c(-c4cc(OC)c(OC)c(OC)c4)nc4ccccc4n23)c1. The summed E-state index contributed by atoms with van der Waals surface area (Å²) in [5.74, 6) is 2.53. The van der Waals surface area contributed by atoms with Gasteiger partial charge in [0.25, 0.3) is 0 Å². The van der Waals surface area contributed by atoms with Crippen LogP contribution in [0.1, 0.15) is 11.3 Å². The number of para-hydroxylation sites is 2. The number of imidazole rings is 1. The molecular weight excluding hydrogens is 470 g/mol. The van der Waals surface area contributed by atoms with Crippen LogP contribution in [-0.2, 0) is 0 Å². The van der Waals surface area contributed by atoms with E-state index >= 15 is 0 Å². The van der Waals surface area contributed by atoms with E-state index in [9.17, 15) is 5.26 Å². The average Bonchev–Trinajstić information content (AvgIpc) is 3.33. The van der Waals surface area contributed by atoms with E-state index in [2.05, 4.69) is 11.1 Å². The third-order valence-corrected chi connectivity index (χ3v) is 5.89. The van der Waals surface area contributed by atoms with Crippen molar-refractivity contribution in [3.05, 3.63) is 71.9 Å². The third kappa shape index (κ3) is 4.15. The van der Waals surface area contributed by atoms with Crippen molar-refractivity contribution >= 4 is 28.7 Å². The minimum atomic E-state index is 0.172. The number of benzene rings is 3. The zero-order chi connectivity index (χ0) is 25.9. The van der Waals surface area contributed by atoms with Crippen molar-refractivity contribution in [2.75, 3.05) is 28.4 Å². The second kappa shape index (κ2) is 9.87. The van der Waals surface area contributed by atoms with Crippen molar-refractivity contribution < 1.29 is 18.9 Å². The molecule has 9 nitrogen and oxygen atoms in total. The van der Waals surface area contributed by atoms with Gasteiger partial charge < -0.3 is 18.9 Å². The Hall–Kier alpha value is -5.10. The van der Waals surface area contributed by atoms with Gasteiger partial charge in [0.15, 0.2) is 28.7 Å². The minimum absolute atomic E-state index is 0.172. The molecule has 0 saturated heterocycles. The molecule has 5 rings (SSSR count). The maximum Gasteiger partial charge on any atom is 0.203 e. The molecule has 2 aromatic heterocycles. The van der Waals surface area contributed by atoms with Crippen LogP contribution in [0.5, 0.6) is 23.0 Å². The molecule has 37 heavy (non-hydrogen) atoms. The lowest BCUT2D eigenvalue weighted by Crippen LogP contribution is -1.99. The van der Waals surface area contributed by atoms with Crippen molar-refractivity contribution in [1.29, 1.82) is 5.26 Å². The van der Waals surface area contributed by atoms with Gasteiger partial charge in [-0.1, -0.05) is 24.3 Å². The van der Waals surface area contributed by atoms with Crippen LogP contribution in [0.4, 0.5) is 5.82 Å². The standard InChI is InChI=1S/C28H23N5O4/c1-34-19-9-7-8-17(12-19)16-30-27-21(15-29)32-28-25(31-20-10-5-6-11-22(20)33(27)28)18-13-23(35-2)26(37-4)24(14-18)36-3/h5-14,16H,1-4H3/b30-16+. The zero-order valence-corrected chi connectivity index (χ0v) is 20.7. The topological polar surface area (TPSA) is 103 Å². The Morgan fingerprint density at radius 2 is 1.62 bits per heavy atom. The van der Waals surface area contributed by atoms with E-state index in [4.69, 9.17) is 28.9 Å². The monoisotopic (exact) mass is 493 g/mol. The number of nitriles is 1. The van der Waals surface area contributed by atoms with E-state index in [1.165, 1.54) is 0 Å². The predicted octanol–water partition coefficient (Wildman–Crippen LogP) is 5.21. The Kier molecular flexibility index (Phi) is 6.31. The number of rotatable bonds is 7. The summed E-state index contributed by atoms with van der Waals surface area (Å²) in [5.41, 5.74) is 4.16. The fraction of sp³-hybridized carbons (Fsp3) is 0.143. The highest BCUT2D eigenvalue weighted by atomic mass is 16.5. The molecule has 5 aromatic rings. The number of hydrogen-bond donors (Lipinski definition) is 0. The Morgan fingerprint density at radius 3 is 2.30 bits per heavy atom. The highest BCUT2D eigenvalue weighted by Gasteiger charge is 2.22. The summed E-state index contributed by atoms with van der Waals surface area (Å²) in [6.07, 6.45) is 1.68. The summed E-state index contributed by atoms with van der Waals surface area (Å²) in [4.78, 5) is 14.2. The summed E-state index contributed by atoms with van der Waals surface area (Å²) in [6, 6.07) is 20.9. The van der Waals surface area contributed by atoms with Crippen LogP contribution >= 0.6 is 0 Å². The van der Waals surface area contributed by atoms with Crippen LogP contribution in [0.15, 0.2) is 65.7 Å². The van der Waals surface area contributed by atoms with Crippen LogP contribution in [-0.4, -0.2) is 49.0 Å². The number of aromatic nitrogens is 3. The molecule has 0 saturated carbocycles. The molecular formula is C28H23N5O4. The van der Waals surface area contributed by atoms with E-state index in [0.717, 1.165) is 11.1 Å². The molecule has 0 bridgehead atoms. The van der Waals surface area contributed by atoms with Crippen LogP contribution < -0.4 is 18.9 Å². The fourth-order valence-corrected chi connectivity index (χ4v) is 4.18. The van der Waals surface area contributed by atoms with Crippen LogP contribution in [0.2, 0.25) is 0 Å². The zero-order valence-electron chi connectivity index (χ0n) is 20.7. The molecule has 0 radical (unpaired) electrons. The van der Waals surface area contributed by atoms with Crippen molar-refractivity contribution in [2.24, 2.45) is 4.99 Å². The van der Waals surface area contributed by atoms with Crippen LogP contribution in [0.25, 0.3) is 27.9 Å². The van der Waals surface area contributed by atoms with E-state index in [1.54, 1.807) is 46.8 Å². The number of methoxy groups -OCH3 is 4. The second-order valence-electron chi connectivity index (χ2n) is 7.95. The molecule has 184 valence electrons. The van der Waals surface area contributed by atoms with Crippen molar-refractivity contribution in [3.8, 4) is 40.3 Å². The number of aliphatic imine (C=N–C) groups is 1. The van der Waals surface area contributed by atoms with E-state index in [1.807, 2.05) is 52.9 Å². The highest BCUT2D eigenvalue weighted by Crippen LogP contribution is 2.42. The summed E-state index contributed by atoms with van der Waals surface area (Å²) in [6.45, 7) is 0. The quantitative estimate of drug-likeness (QED) is 0.287. The molecule has 0 unspecified atom stereocenters. The summed E-state index contributed by atoms with van der Waals surface area (Å²) in [5, 5.41) is 9.97.